The highest BCUT2D eigenvalue weighted by molar-refractivity contribution is 5.79. The number of rotatable bonds is 7. The summed E-state index contributed by atoms with van der Waals surface area (Å²) in [6.45, 7) is 10.2. The van der Waals surface area contributed by atoms with Crippen molar-refractivity contribution in [1.82, 2.24) is 20.4 Å². The maximum absolute atomic E-state index is 11.8. The zero-order chi connectivity index (χ0) is 20.7. The largest absolute Gasteiger partial charge is 0.355 e. The number of hydrogen-bond donors (Lipinski definition) is 2. The molecule has 1 aromatic rings. The molecule has 160 valence electrons. The maximum Gasteiger partial charge on any atom is 0.222 e. The van der Waals surface area contributed by atoms with E-state index in [-0.39, 0.29) is 11.4 Å². The van der Waals surface area contributed by atoms with E-state index in [4.69, 9.17) is 0 Å². The summed E-state index contributed by atoms with van der Waals surface area (Å²) in [4.78, 5) is 20.7. The second kappa shape index (κ2) is 10.1. The van der Waals surface area contributed by atoms with Gasteiger partial charge in [-0.05, 0) is 57.3 Å². The third kappa shape index (κ3) is 6.20. The maximum atomic E-state index is 11.8. The molecule has 2 fully saturated rings. The molecule has 29 heavy (non-hydrogen) atoms. The van der Waals surface area contributed by atoms with Gasteiger partial charge in [0.15, 0.2) is 5.96 Å². The van der Waals surface area contributed by atoms with Crippen molar-refractivity contribution in [2.75, 3.05) is 33.2 Å². The van der Waals surface area contributed by atoms with E-state index in [1.165, 1.54) is 43.5 Å². The number of hydrogen-bond acceptors (Lipinski definition) is 3. The predicted octanol–water partition coefficient (Wildman–Crippen LogP) is 2.74. The number of nitrogens with one attached hydrogen (secondary N) is 2. The molecule has 0 bridgehead atoms. The molecule has 0 aromatic heterocycles. The Balaban J connectivity index is 1.44. The van der Waals surface area contributed by atoms with Gasteiger partial charge >= 0.3 is 0 Å². The molecule has 2 N–H and O–H groups in total. The van der Waals surface area contributed by atoms with Crippen molar-refractivity contribution >= 4 is 11.9 Å². The Morgan fingerprint density at radius 3 is 2.31 bits per heavy atom. The van der Waals surface area contributed by atoms with Crippen molar-refractivity contribution in [2.45, 2.75) is 64.6 Å². The van der Waals surface area contributed by atoms with Crippen molar-refractivity contribution in [3.63, 3.8) is 0 Å². The van der Waals surface area contributed by atoms with E-state index in [2.05, 4.69) is 58.6 Å². The van der Waals surface area contributed by atoms with Gasteiger partial charge < -0.3 is 15.5 Å². The molecule has 2 aliphatic heterocycles. The van der Waals surface area contributed by atoms with Gasteiger partial charge in [0.05, 0.1) is 0 Å². The molecule has 6 nitrogen and oxygen atoms in total. The second-order valence-corrected chi connectivity index (χ2v) is 8.87. The average Bonchev–Trinajstić information content (AvgIpc) is 3.14. The summed E-state index contributed by atoms with van der Waals surface area (Å²) in [5, 5.41) is 6.91. The van der Waals surface area contributed by atoms with Crippen LogP contribution in [-0.4, -0.2) is 60.4 Å². The standard InChI is InChI=1S/C23H37N5O/c1-23(2,28-14-5-4-6-15-28)18-26-22(24-3)25-16-19-9-11-20(12-10-19)17-27-13-7-8-21(27)29/h9-12H,4-8,13-18H2,1-3H3,(H2,24,25,26). The van der Waals surface area contributed by atoms with E-state index in [1.807, 2.05) is 11.9 Å². The molecular formula is C23H37N5O. The Morgan fingerprint density at radius 2 is 1.69 bits per heavy atom. The topological polar surface area (TPSA) is 60.0 Å². The van der Waals surface area contributed by atoms with Crippen molar-refractivity contribution in [1.29, 1.82) is 0 Å². The van der Waals surface area contributed by atoms with Crippen molar-refractivity contribution in [3.05, 3.63) is 35.4 Å². The van der Waals surface area contributed by atoms with Gasteiger partial charge in [0, 0.05) is 45.2 Å². The minimum atomic E-state index is 0.118. The number of likely N-dealkylation sites (tertiary alicyclic amines) is 2. The fourth-order valence-electron chi connectivity index (χ4n) is 4.17. The Hall–Kier alpha value is -2.08. The number of amides is 1. The molecule has 0 spiro atoms. The lowest BCUT2D eigenvalue weighted by Crippen LogP contribution is -2.54. The normalized spacial score (nSPS) is 18.9. The fraction of sp³-hybridized carbons (Fsp3) is 0.652. The van der Waals surface area contributed by atoms with Gasteiger partial charge in [0.25, 0.3) is 0 Å². The van der Waals surface area contributed by atoms with Crippen LogP contribution in [0, 0.1) is 0 Å². The summed E-state index contributed by atoms with van der Waals surface area (Å²) < 4.78 is 0. The van der Waals surface area contributed by atoms with Gasteiger partial charge in [0.1, 0.15) is 0 Å². The van der Waals surface area contributed by atoms with Crippen LogP contribution in [-0.2, 0) is 17.9 Å². The molecule has 0 aliphatic carbocycles. The molecule has 1 amide bonds. The molecular weight excluding hydrogens is 362 g/mol. The Kier molecular flexibility index (Phi) is 7.53. The van der Waals surface area contributed by atoms with Crippen LogP contribution in [0.15, 0.2) is 29.3 Å². The van der Waals surface area contributed by atoms with Crippen molar-refractivity contribution in [2.24, 2.45) is 4.99 Å². The molecule has 1 aromatic carbocycles. The van der Waals surface area contributed by atoms with Crippen LogP contribution in [0.2, 0.25) is 0 Å². The highest BCUT2D eigenvalue weighted by Crippen LogP contribution is 2.20. The van der Waals surface area contributed by atoms with E-state index in [0.717, 1.165) is 38.6 Å². The fourth-order valence-corrected chi connectivity index (χ4v) is 4.17. The van der Waals surface area contributed by atoms with Crippen LogP contribution in [0.25, 0.3) is 0 Å². The van der Waals surface area contributed by atoms with Crippen molar-refractivity contribution < 1.29 is 4.79 Å². The Labute approximate surface area is 175 Å². The highest BCUT2D eigenvalue weighted by atomic mass is 16.2. The van der Waals surface area contributed by atoms with Crippen LogP contribution in [0.3, 0.4) is 0 Å². The lowest BCUT2D eigenvalue weighted by atomic mass is 9.98. The van der Waals surface area contributed by atoms with Crippen molar-refractivity contribution in [3.8, 4) is 0 Å². The third-order valence-electron chi connectivity index (χ3n) is 6.15. The predicted molar refractivity (Wildman–Crippen MR) is 119 cm³/mol. The number of aliphatic imine (C=N–C) groups is 1. The van der Waals surface area contributed by atoms with Gasteiger partial charge in [-0.2, -0.15) is 0 Å². The number of nitrogens with zero attached hydrogens (tertiary/aromatic N) is 3. The Morgan fingerprint density at radius 1 is 1.00 bits per heavy atom. The molecule has 0 radical (unpaired) electrons. The smallest absolute Gasteiger partial charge is 0.222 e. The van der Waals surface area contributed by atoms with Gasteiger partial charge in [-0.25, -0.2) is 0 Å². The average molecular weight is 400 g/mol. The van der Waals surface area contributed by atoms with Crippen LogP contribution in [0.5, 0.6) is 0 Å². The third-order valence-corrected chi connectivity index (χ3v) is 6.15. The van der Waals surface area contributed by atoms with Crippen LogP contribution >= 0.6 is 0 Å². The number of benzene rings is 1. The van der Waals surface area contributed by atoms with Crippen LogP contribution in [0.4, 0.5) is 0 Å². The van der Waals surface area contributed by atoms with E-state index < -0.39 is 0 Å². The first kappa shape index (κ1) is 21.6. The van der Waals surface area contributed by atoms with Gasteiger partial charge in [-0.3, -0.25) is 14.7 Å². The van der Waals surface area contributed by atoms with Gasteiger partial charge in [-0.15, -0.1) is 0 Å². The lowest BCUT2D eigenvalue weighted by Gasteiger charge is -2.41. The van der Waals surface area contributed by atoms with Gasteiger partial charge in [-0.1, -0.05) is 30.7 Å². The van der Waals surface area contributed by atoms with Crippen LogP contribution in [0.1, 0.15) is 57.1 Å². The van der Waals surface area contributed by atoms with Crippen LogP contribution < -0.4 is 10.6 Å². The van der Waals surface area contributed by atoms with Gasteiger partial charge in [0.2, 0.25) is 5.91 Å². The molecule has 6 heteroatoms. The van der Waals surface area contributed by atoms with E-state index in [9.17, 15) is 4.79 Å². The number of carbonyl (C=O) groups excluding carboxylic acids is 1. The highest BCUT2D eigenvalue weighted by Gasteiger charge is 2.27. The minimum Gasteiger partial charge on any atom is -0.355 e. The molecule has 3 rings (SSSR count). The number of piperidine rings is 1. The Bertz CT molecular complexity index is 692. The first-order valence-corrected chi connectivity index (χ1v) is 11.0. The molecule has 2 saturated heterocycles. The molecule has 0 unspecified atom stereocenters. The minimum absolute atomic E-state index is 0.118. The summed E-state index contributed by atoms with van der Waals surface area (Å²) in [7, 11) is 1.82. The summed E-state index contributed by atoms with van der Waals surface area (Å²) in [6, 6.07) is 8.51. The number of carbonyl (C=O) groups is 1. The second-order valence-electron chi connectivity index (χ2n) is 8.87. The summed E-state index contributed by atoms with van der Waals surface area (Å²) >= 11 is 0. The quantitative estimate of drug-likeness (QED) is 0.547. The molecule has 2 aliphatic rings. The molecule has 0 saturated carbocycles. The monoisotopic (exact) mass is 399 g/mol. The van der Waals surface area contributed by atoms with E-state index >= 15 is 0 Å². The zero-order valence-corrected chi connectivity index (χ0v) is 18.3. The first-order chi connectivity index (χ1) is 14.0. The molecule has 2 heterocycles. The summed E-state index contributed by atoms with van der Waals surface area (Å²) in [5.41, 5.74) is 2.52. The number of guanidine groups is 1. The zero-order valence-electron chi connectivity index (χ0n) is 18.3. The SMILES string of the molecule is CN=C(NCc1ccc(CN2CCCC2=O)cc1)NCC(C)(C)N1CCCCC1. The molecule has 0 atom stereocenters. The van der Waals surface area contributed by atoms with E-state index in [1.54, 1.807) is 0 Å². The van der Waals surface area contributed by atoms with E-state index in [0.29, 0.717) is 6.42 Å². The lowest BCUT2D eigenvalue weighted by molar-refractivity contribution is -0.128. The first-order valence-electron chi connectivity index (χ1n) is 11.0. The summed E-state index contributed by atoms with van der Waals surface area (Å²) in [6.07, 6.45) is 5.65. The summed E-state index contributed by atoms with van der Waals surface area (Å²) in [5.74, 6) is 1.11.